The lowest BCUT2D eigenvalue weighted by Gasteiger charge is -2.30. The number of halogens is 3. The number of hydrogen-bond donors (Lipinski definition) is 5. The molecule has 3 heterocycles. The summed E-state index contributed by atoms with van der Waals surface area (Å²) < 4.78 is 46.4. The van der Waals surface area contributed by atoms with Crippen LogP contribution in [0.15, 0.2) is 91.1 Å². The second kappa shape index (κ2) is 13.1. The molecule has 0 aliphatic carbocycles. The first kappa shape index (κ1) is 33.3. The van der Waals surface area contributed by atoms with Gasteiger partial charge in [0, 0.05) is 54.0 Å². The molecule has 2 amide bonds. The first-order valence-corrected chi connectivity index (χ1v) is 15.9. The van der Waals surface area contributed by atoms with Crippen molar-refractivity contribution < 1.29 is 27.9 Å². The molecule has 0 saturated carbocycles. The van der Waals surface area contributed by atoms with Gasteiger partial charge in [0.1, 0.15) is 17.3 Å². The lowest BCUT2D eigenvalue weighted by molar-refractivity contribution is -0.0245. The number of anilines is 2. The molecule has 11 heteroatoms. The van der Waals surface area contributed by atoms with Crippen LogP contribution in [0.3, 0.4) is 0 Å². The van der Waals surface area contributed by atoms with Gasteiger partial charge in [0.25, 0.3) is 17.7 Å². The van der Waals surface area contributed by atoms with E-state index in [1.165, 1.54) is 48.7 Å². The number of aromatic hydroxyl groups is 1. The van der Waals surface area contributed by atoms with Crippen molar-refractivity contribution in [3.8, 4) is 17.0 Å². The molecule has 5 aromatic rings. The summed E-state index contributed by atoms with van der Waals surface area (Å²) in [6.45, 7) is 5.54. The average Bonchev–Trinajstić information content (AvgIpc) is 3.41. The highest BCUT2D eigenvalue weighted by Gasteiger charge is 2.39. The van der Waals surface area contributed by atoms with Gasteiger partial charge in [0.05, 0.1) is 22.5 Å². The van der Waals surface area contributed by atoms with E-state index in [9.17, 15) is 19.1 Å². The highest BCUT2D eigenvalue weighted by molar-refractivity contribution is 6.06. The number of pyridine rings is 1. The molecule has 5 N–H and O–H groups in total. The van der Waals surface area contributed by atoms with Gasteiger partial charge in [-0.05, 0) is 74.4 Å². The largest absolute Gasteiger partial charge is 0.507 e. The molecule has 0 radical (unpaired) electrons. The van der Waals surface area contributed by atoms with Gasteiger partial charge in [-0.1, -0.05) is 42.5 Å². The summed E-state index contributed by atoms with van der Waals surface area (Å²) in [5.74, 6) is -6.12. The lowest BCUT2D eigenvalue weighted by Crippen LogP contribution is -2.49. The third-order valence-corrected chi connectivity index (χ3v) is 8.71. The molecule has 8 nitrogen and oxygen atoms in total. The number of amides is 2. The summed E-state index contributed by atoms with van der Waals surface area (Å²) in [6.07, 6.45) is 1.03. The van der Waals surface area contributed by atoms with E-state index in [0.717, 1.165) is 11.3 Å². The Morgan fingerprint density at radius 3 is 2.49 bits per heavy atom. The van der Waals surface area contributed by atoms with Crippen LogP contribution >= 0.6 is 0 Å². The molecule has 1 aliphatic heterocycles. The number of para-hydroxylation sites is 2. The van der Waals surface area contributed by atoms with Gasteiger partial charge in [-0.15, -0.1) is 0 Å². The molecular formula is C38H36F3N5O3. The molecule has 0 unspecified atom stereocenters. The third-order valence-electron chi connectivity index (χ3n) is 8.71. The third kappa shape index (κ3) is 7.15. The van der Waals surface area contributed by atoms with Crippen molar-refractivity contribution in [1.29, 1.82) is 0 Å². The maximum absolute atomic E-state index is 16.3. The van der Waals surface area contributed by atoms with Crippen LogP contribution in [-0.2, 0) is 12.3 Å². The minimum atomic E-state index is -3.50. The number of phenols is 1. The van der Waals surface area contributed by atoms with Crippen LogP contribution in [0.5, 0.6) is 5.75 Å². The summed E-state index contributed by atoms with van der Waals surface area (Å²) in [5, 5.41) is 19.1. The van der Waals surface area contributed by atoms with E-state index >= 15 is 8.78 Å². The molecule has 6 rings (SSSR count). The molecule has 1 atom stereocenters. The van der Waals surface area contributed by atoms with Crippen molar-refractivity contribution in [2.45, 2.75) is 51.0 Å². The molecule has 0 saturated heterocycles. The maximum Gasteiger partial charge on any atom is 0.290 e. The SMILES string of the molecule is Cc1ccccc1Nc1c(-c2ccnc(C(F)(F)C[C@H](CNC(=O)c3ccccc3O)c3ccc(F)cc3)c2)[nH]c2c1C(=O)NC(C)(C)C2. The predicted molar refractivity (Wildman–Crippen MR) is 182 cm³/mol. The van der Waals surface area contributed by atoms with Crippen molar-refractivity contribution in [3.05, 3.63) is 131 Å². The van der Waals surface area contributed by atoms with Gasteiger partial charge in [-0.3, -0.25) is 14.6 Å². The quantitative estimate of drug-likeness (QED) is 0.104. The van der Waals surface area contributed by atoms with Crippen LogP contribution in [-0.4, -0.2) is 39.0 Å². The highest BCUT2D eigenvalue weighted by atomic mass is 19.3. The van der Waals surface area contributed by atoms with Gasteiger partial charge >= 0.3 is 0 Å². The monoisotopic (exact) mass is 667 g/mol. The fourth-order valence-electron chi connectivity index (χ4n) is 6.20. The second-order valence-electron chi connectivity index (χ2n) is 13.0. The number of fused-ring (bicyclic) bond motifs is 1. The highest BCUT2D eigenvalue weighted by Crippen LogP contribution is 2.42. The zero-order valence-electron chi connectivity index (χ0n) is 27.2. The molecule has 0 fully saturated rings. The Bertz CT molecular complexity index is 2020. The summed E-state index contributed by atoms with van der Waals surface area (Å²) in [5.41, 5.74) is 3.48. The first-order valence-electron chi connectivity index (χ1n) is 15.9. The van der Waals surface area contributed by atoms with Crippen molar-refractivity contribution in [2.24, 2.45) is 0 Å². The number of carbonyl (C=O) groups excluding carboxylic acids is 2. The van der Waals surface area contributed by atoms with E-state index in [1.54, 1.807) is 18.2 Å². The van der Waals surface area contributed by atoms with Gasteiger partial charge in [-0.2, -0.15) is 8.78 Å². The van der Waals surface area contributed by atoms with Gasteiger partial charge in [0.2, 0.25) is 0 Å². The Kier molecular flexibility index (Phi) is 8.94. The van der Waals surface area contributed by atoms with E-state index in [1.807, 2.05) is 45.0 Å². The summed E-state index contributed by atoms with van der Waals surface area (Å²) in [6, 6.07) is 21.6. The number of aromatic amines is 1. The normalized spacial score (nSPS) is 14.4. The van der Waals surface area contributed by atoms with Gasteiger partial charge in [0.15, 0.2) is 0 Å². The Hall–Kier alpha value is -5.58. The molecule has 1 aliphatic rings. The van der Waals surface area contributed by atoms with Crippen LogP contribution in [0.25, 0.3) is 11.3 Å². The zero-order valence-corrected chi connectivity index (χ0v) is 27.2. The number of hydrogen-bond acceptors (Lipinski definition) is 5. The Morgan fingerprint density at radius 1 is 1.04 bits per heavy atom. The Morgan fingerprint density at radius 2 is 1.76 bits per heavy atom. The molecule has 3 aromatic carbocycles. The maximum atomic E-state index is 16.3. The van der Waals surface area contributed by atoms with Crippen LogP contribution < -0.4 is 16.0 Å². The Labute approximate surface area is 281 Å². The molecule has 0 spiro atoms. The van der Waals surface area contributed by atoms with Crippen molar-refractivity contribution in [3.63, 3.8) is 0 Å². The molecule has 0 bridgehead atoms. The van der Waals surface area contributed by atoms with Crippen LogP contribution in [0.4, 0.5) is 24.5 Å². The van der Waals surface area contributed by atoms with E-state index in [-0.39, 0.29) is 23.8 Å². The van der Waals surface area contributed by atoms with Crippen molar-refractivity contribution in [2.75, 3.05) is 11.9 Å². The number of aryl methyl sites for hydroxylation is 1. The fraction of sp³-hybridized carbons (Fsp3) is 0.237. The fourth-order valence-corrected chi connectivity index (χ4v) is 6.20. The predicted octanol–water partition coefficient (Wildman–Crippen LogP) is 7.73. The zero-order chi connectivity index (χ0) is 34.9. The number of carbonyl (C=O) groups is 2. The number of nitrogens with zero attached hydrogens (tertiary/aromatic N) is 1. The summed E-state index contributed by atoms with van der Waals surface area (Å²) in [4.78, 5) is 33.7. The van der Waals surface area contributed by atoms with E-state index in [4.69, 9.17) is 0 Å². The number of phenolic OH excluding ortho intramolecular Hbond substituents is 1. The van der Waals surface area contributed by atoms with Gasteiger partial charge < -0.3 is 26.0 Å². The summed E-state index contributed by atoms with van der Waals surface area (Å²) >= 11 is 0. The average molecular weight is 668 g/mol. The lowest BCUT2D eigenvalue weighted by atomic mass is 9.90. The topological polar surface area (TPSA) is 119 Å². The smallest absolute Gasteiger partial charge is 0.290 e. The van der Waals surface area contributed by atoms with E-state index < -0.39 is 41.2 Å². The number of nitrogens with one attached hydrogen (secondary N) is 4. The minimum Gasteiger partial charge on any atom is -0.507 e. The van der Waals surface area contributed by atoms with Crippen LogP contribution in [0.2, 0.25) is 0 Å². The molecule has 252 valence electrons. The number of H-pyrrole nitrogens is 1. The number of alkyl halides is 2. The van der Waals surface area contributed by atoms with Crippen LogP contribution in [0.1, 0.15) is 69.4 Å². The van der Waals surface area contributed by atoms with E-state index in [2.05, 4.69) is 25.9 Å². The van der Waals surface area contributed by atoms with Crippen molar-refractivity contribution >= 4 is 23.2 Å². The van der Waals surface area contributed by atoms with E-state index in [0.29, 0.717) is 40.2 Å². The van der Waals surface area contributed by atoms with Crippen LogP contribution in [0, 0.1) is 12.7 Å². The number of rotatable bonds is 10. The number of aromatic nitrogens is 2. The summed E-state index contributed by atoms with van der Waals surface area (Å²) in [7, 11) is 0. The molecule has 2 aromatic heterocycles. The molecular weight excluding hydrogens is 631 g/mol. The van der Waals surface area contributed by atoms with Gasteiger partial charge in [-0.25, -0.2) is 4.39 Å². The first-order chi connectivity index (χ1) is 23.3. The standard InChI is InChI=1S/C38H36F3N5O3/c1-22-8-4-6-10-28(22)44-34-32-29(20-37(2,3)46-36(32)49)45-33(34)24-16-17-42-31(18-24)38(40,41)19-25(23-12-14-26(39)15-13-23)21-43-35(48)27-9-5-7-11-30(27)47/h4-18,25,44-45,47H,19-21H2,1-3H3,(H,43,48)(H,46,49)/t25-/m1/s1. The second-order valence-corrected chi connectivity index (χ2v) is 13.0. The molecule has 49 heavy (non-hydrogen) atoms. The minimum absolute atomic E-state index is 0.00214. The Balaban J connectivity index is 1.34. The number of benzene rings is 3. The van der Waals surface area contributed by atoms with Crippen molar-refractivity contribution in [1.82, 2.24) is 20.6 Å².